The number of aryl methyl sites for hydroxylation is 1. The molecule has 0 fully saturated rings. The van der Waals surface area contributed by atoms with E-state index in [0.29, 0.717) is 17.5 Å². The molecule has 0 aliphatic rings. The third kappa shape index (κ3) is 3.13. The van der Waals surface area contributed by atoms with E-state index in [-0.39, 0.29) is 23.8 Å². The molecule has 0 aliphatic carbocycles. The SMILES string of the molecule is CCOC(=O)C(=O)c1c(C(C)C)ccc(CC)c1O. The average molecular weight is 264 g/mol. The molecule has 0 amide bonds. The highest BCUT2D eigenvalue weighted by molar-refractivity contribution is 6.41. The average Bonchev–Trinajstić information content (AvgIpc) is 2.37. The van der Waals surface area contributed by atoms with Gasteiger partial charge in [-0.2, -0.15) is 0 Å². The maximum absolute atomic E-state index is 12.1. The first-order valence-corrected chi connectivity index (χ1v) is 6.50. The Morgan fingerprint density at radius 2 is 1.89 bits per heavy atom. The lowest BCUT2D eigenvalue weighted by atomic mass is 9.91. The van der Waals surface area contributed by atoms with Crippen LogP contribution in [0, 0.1) is 0 Å². The predicted octanol–water partition coefficient (Wildman–Crippen LogP) is 2.82. The van der Waals surface area contributed by atoms with Crippen LogP contribution in [0.4, 0.5) is 0 Å². The quantitative estimate of drug-likeness (QED) is 0.504. The maximum Gasteiger partial charge on any atom is 0.379 e. The van der Waals surface area contributed by atoms with Gasteiger partial charge in [0.2, 0.25) is 0 Å². The Bertz CT molecular complexity index is 489. The van der Waals surface area contributed by atoms with E-state index in [4.69, 9.17) is 4.74 Å². The normalized spacial score (nSPS) is 10.6. The highest BCUT2D eigenvalue weighted by Gasteiger charge is 2.26. The molecule has 1 rings (SSSR count). The standard InChI is InChI=1S/C15H20O4/c1-5-10-7-8-11(9(3)4)12(13(10)16)14(17)15(18)19-6-2/h7-9,16H,5-6H2,1-4H3. The number of phenolic OH excluding ortho intramolecular Hbond substituents is 1. The first-order valence-electron chi connectivity index (χ1n) is 6.50. The third-order valence-corrected chi connectivity index (χ3v) is 2.98. The Balaban J connectivity index is 3.37. The zero-order chi connectivity index (χ0) is 14.6. The molecule has 0 aliphatic heterocycles. The van der Waals surface area contributed by atoms with Crippen LogP contribution in [0.2, 0.25) is 0 Å². The van der Waals surface area contributed by atoms with Crippen molar-refractivity contribution in [3.05, 3.63) is 28.8 Å². The molecule has 104 valence electrons. The second-order valence-electron chi connectivity index (χ2n) is 4.60. The number of Topliss-reactive ketones (excluding diaryl/α,β-unsaturated/α-hetero) is 1. The van der Waals surface area contributed by atoms with E-state index in [1.54, 1.807) is 19.1 Å². The Morgan fingerprint density at radius 3 is 2.37 bits per heavy atom. The van der Waals surface area contributed by atoms with Crippen molar-refractivity contribution in [3.8, 4) is 5.75 Å². The van der Waals surface area contributed by atoms with Gasteiger partial charge in [0.25, 0.3) is 5.78 Å². The monoisotopic (exact) mass is 264 g/mol. The Kier molecular flexibility index (Phi) is 5.10. The highest BCUT2D eigenvalue weighted by atomic mass is 16.5. The summed E-state index contributed by atoms with van der Waals surface area (Å²) in [6.45, 7) is 7.46. The summed E-state index contributed by atoms with van der Waals surface area (Å²) in [5.74, 6) is -1.77. The van der Waals surface area contributed by atoms with E-state index in [0.717, 1.165) is 0 Å². The number of aromatic hydroxyl groups is 1. The largest absolute Gasteiger partial charge is 0.507 e. The summed E-state index contributed by atoms with van der Waals surface area (Å²) >= 11 is 0. The van der Waals surface area contributed by atoms with E-state index in [1.165, 1.54) is 0 Å². The summed E-state index contributed by atoms with van der Waals surface area (Å²) in [6, 6.07) is 3.57. The first kappa shape index (κ1) is 15.2. The van der Waals surface area contributed by atoms with Crippen LogP contribution in [-0.2, 0) is 16.0 Å². The molecule has 0 aromatic heterocycles. The van der Waals surface area contributed by atoms with Crippen LogP contribution in [-0.4, -0.2) is 23.5 Å². The summed E-state index contributed by atoms with van der Waals surface area (Å²) < 4.78 is 4.72. The van der Waals surface area contributed by atoms with Gasteiger partial charge in [0.05, 0.1) is 12.2 Å². The fraction of sp³-hybridized carbons (Fsp3) is 0.467. The molecule has 19 heavy (non-hydrogen) atoms. The van der Waals surface area contributed by atoms with Crippen molar-refractivity contribution in [1.82, 2.24) is 0 Å². The molecule has 0 radical (unpaired) electrons. The number of benzene rings is 1. The second-order valence-corrected chi connectivity index (χ2v) is 4.60. The Labute approximate surface area is 113 Å². The fourth-order valence-corrected chi connectivity index (χ4v) is 1.95. The molecular weight excluding hydrogens is 244 g/mol. The van der Waals surface area contributed by atoms with Crippen LogP contribution in [0.3, 0.4) is 0 Å². The van der Waals surface area contributed by atoms with Crippen molar-refractivity contribution < 1.29 is 19.4 Å². The molecule has 0 unspecified atom stereocenters. The minimum Gasteiger partial charge on any atom is -0.507 e. The molecule has 0 atom stereocenters. The number of rotatable bonds is 5. The van der Waals surface area contributed by atoms with Crippen molar-refractivity contribution in [2.75, 3.05) is 6.61 Å². The van der Waals surface area contributed by atoms with Gasteiger partial charge in [-0.1, -0.05) is 32.9 Å². The molecule has 0 bridgehead atoms. The molecule has 0 heterocycles. The molecule has 1 aromatic rings. The van der Waals surface area contributed by atoms with E-state index >= 15 is 0 Å². The molecule has 4 nitrogen and oxygen atoms in total. The molecular formula is C15H20O4. The number of esters is 1. The topological polar surface area (TPSA) is 63.6 Å². The minimum absolute atomic E-state index is 0.0326. The van der Waals surface area contributed by atoms with E-state index in [9.17, 15) is 14.7 Å². The van der Waals surface area contributed by atoms with Gasteiger partial charge in [-0.15, -0.1) is 0 Å². The summed E-state index contributed by atoms with van der Waals surface area (Å²) in [4.78, 5) is 23.7. The maximum atomic E-state index is 12.1. The van der Waals surface area contributed by atoms with E-state index in [2.05, 4.69) is 0 Å². The van der Waals surface area contributed by atoms with E-state index in [1.807, 2.05) is 20.8 Å². The van der Waals surface area contributed by atoms with Crippen LogP contribution in [0.15, 0.2) is 12.1 Å². The van der Waals surface area contributed by atoms with Crippen molar-refractivity contribution in [2.24, 2.45) is 0 Å². The Morgan fingerprint density at radius 1 is 1.26 bits per heavy atom. The zero-order valence-corrected chi connectivity index (χ0v) is 11.8. The third-order valence-electron chi connectivity index (χ3n) is 2.98. The number of ether oxygens (including phenoxy) is 1. The predicted molar refractivity (Wildman–Crippen MR) is 72.5 cm³/mol. The number of carbonyl (C=O) groups is 2. The summed E-state index contributed by atoms with van der Waals surface area (Å²) in [5.41, 5.74) is 1.39. The zero-order valence-electron chi connectivity index (χ0n) is 11.8. The fourth-order valence-electron chi connectivity index (χ4n) is 1.95. The van der Waals surface area contributed by atoms with Crippen LogP contribution in [0.1, 0.15) is 55.1 Å². The molecule has 0 saturated carbocycles. The van der Waals surface area contributed by atoms with Crippen LogP contribution in [0.5, 0.6) is 5.75 Å². The molecule has 4 heteroatoms. The van der Waals surface area contributed by atoms with Gasteiger partial charge in [0.1, 0.15) is 5.75 Å². The van der Waals surface area contributed by atoms with Crippen molar-refractivity contribution in [3.63, 3.8) is 0 Å². The van der Waals surface area contributed by atoms with Gasteiger partial charge in [0.15, 0.2) is 0 Å². The van der Waals surface area contributed by atoms with Crippen LogP contribution in [0.25, 0.3) is 0 Å². The molecule has 1 N–H and O–H groups in total. The summed E-state index contributed by atoms with van der Waals surface area (Å²) in [7, 11) is 0. The number of phenols is 1. The summed E-state index contributed by atoms with van der Waals surface area (Å²) in [6.07, 6.45) is 0.591. The Hall–Kier alpha value is -1.84. The van der Waals surface area contributed by atoms with Gasteiger partial charge in [0, 0.05) is 0 Å². The van der Waals surface area contributed by atoms with Crippen molar-refractivity contribution >= 4 is 11.8 Å². The van der Waals surface area contributed by atoms with Crippen molar-refractivity contribution in [2.45, 2.75) is 40.0 Å². The first-order chi connectivity index (χ1) is 8.93. The highest BCUT2D eigenvalue weighted by Crippen LogP contribution is 2.31. The van der Waals surface area contributed by atoms with Gasteiger partial charge in [-0.25, -0.2) is 4.79 Å². The van der Waals surface area contributed by atoms with Crippen molar-refractivity contribution in [1.29, 1.82) is 0 Å². The minimum atomic E-state index is -0.923. The molecule has 1 aromatic carbocycles. The van der Waals surface area contributed by atoms with Gasteiger partial charge >= 0.3 is 5.97 Å². The van der Waals surface area contributed by atoms with Gasteiger partial charge in [-0.3, -0.25) is 4.79 Å². The van der Waals surface area contributed by atoms with Crippen LogP contribution >= 0.6 is 0 Å². The van der Waals surface area contributed by atoms with E-state index < -0.39 is 11.8 Å². The number of hydrogen-bond acceptors (Lipinski definition) is 4. The van der Waals surface area contributed by atoms with Gasteiger partial charge < -0.3 is 9.84 Å². The molecule has 0 saturated heterocycles. The second kappa shape index (κ2) is 6.36. The lowest BCUT2D eigenvalue weighted by Gasteiger charge is -2.15. The number of carbonyl (C=O) groups excluding carboxylic acids is 2. The lowest BCUT2D eigenvalue weighted by Crippen LogP contribution is -2.20. The lowest BCUT2D eigenvalue weighted by molar-refractivity contribution is -0.137. The number of ketones is 1. The van der Waals surface area contributed by atoms with Crippen LogP contribution < -0.4 is 0 Å². The number of hydrogen-bond donors (Lipinski definition) is 1. The summed E-state index contributed by atoms with van der Waals surface area (Å²) in [5, 5.41) is 10.2. The molecule has 0 spiro atoms. The van der Waals surface area contributed by atoms with Gasteiger partial charge in [-0.05, 0) is 30.4 Å². The smallest absolute Gasteiger partial charge is 0.379 e.